The highest BCUT2D eigenvalue weighted by atomic mass is 19.4. The predicted molar refractivity (Wildman–Crippen MR) is 67.0 cm³/mol. The molecule has 0 saturated heterocycles. The van der Waals surface area contributed by atoms with Crippen LogP contribution in [0.25, 0.3) is 0 Å². The molecule has 3 nitrogen and oxygen atoms in total. The number of nitrogens with zero attached hydrogens (tertiary/aromatic N) is 1. The molecule has 1 saturated carbocycles. The van der Waals surface area contributed by atoms with Gasteiger partial charge in [0.25, 0.3) is 0 Å². The van der Waals surface area contributed by atoms with Crippen LogP contribution in [0.15, 0.2) is 18.2 Å². The number of nitrogen functional groups attached to an aromatic ring is 1. The molecule has 1 aliphatic carbocycles. The first-order valence-corrected chi connectivity index (χ1v) is 6.07. The maximum Gasteiger partial charge on any atom is 0.420 e. The molecule has 2 rings (SSSR count). The fraction of sp³-hybridized carbons (Fsp3) is 0.538. The molecule has 19 heavy (non-hydrogen) atoms. The van der Waals surface area contributed by atoms with Gasteiger partial charge in [0.15, 0.2) is 0 Å². The number of hydrogen-bond donors (Lipinski definition) is 1. The highest BCUT2D eigenvalue weighted by Crippen LogP contribution is 2.39. The van der Waals surface area contributed by atoms with Gasteiger partial charge in [0.1, 0.15) is 11.9 Å². The lowest BCUT2D eigenvalue weighted by Gasteiger charge is -2.39. The molecule has 2 N–H and O–H groups in total. The van der Waals surface area contributed by atoms with Crippen LogP contribution in [-0.4, -0.2) is 31.1 Å². The van der Waals surface area contributed by atoms with E-state index in [0.29, 0.717) is 6.04 Å². The first-order valence-electron chi connectivity index (χ1n) is 6.07. The summed E-state index contributed by atoms with van der Waals surface area (Å²) in [7, 11) is 3.90. The fourth-order valence-corrected chi connectivity index (χ4v) is 2.11. The van der Waals surface area contributed by atoms with Crippen molar-refractivity contribution in [3.05, 3.63) is 23.8 Å². The highest BCUT2D eigenvalue weighted by molar-refractivity contribution is 5.49. The zero-order chi connectivity index (χ0) is 14.2. The molecule has 1 fully saturated rings. The lowest BCUT2D eigenvalue weighted by molar-refractivity contribution is -0.139. The quantitative estimate of drug-likeness (QED) is 0.861. The molecule has 1 aliphatic rings. The summed E-state index contributed by atoms with van der Waals surface area (Å²) in [5, 5.41) is 0. The van der Waals surface area contributed by atoms with Crippen molar-refractivity contribution in [2.75, 3.05) is 19.8 Å². The summed E-state index contributed by atoms with van der Waals surface area (Å²) in [6, 6.07) is 4.01. The Labute approximate surface area is 110 Å². The van der Waals surface area contributed by atoms with E-state index in [9.17, 15) is 13.2 Å². The molecule has 0 bridgehead atoms. The van der Waals surface area contributed by atoms with Crippen molar-refractivity contribution < 1.29 is 17.9 Å². The minimum Gasteiger partial charge on any atom is -0.490 e. The van der Waals surface area contributed by atoms with Crippen LogP contribution in [0.5, 0.6) is 5.75 Å². The molecular formula is C13H17F3N2O. The third-order valence-electron chi connectivity index (χ3n) is 3.40. The third kappa shape index (κ3) is 3.12. The van der Waals surface area contributed by atoms with Crippen LogP contribution >= 0.6 is 0 Å². The van der Waals surface area contributed by atoms with Gasteiger partial charge in [0, 0.05) is 11.7 Å². The number of anilines is 1. The summed E-state index contributed by atoms with van der Waals surface area (Å²) in [5.41, 5.74) is 4.68. The van der Waals surface area contributed by atoms with E-state index in [2.05, 4.69) is 0 Å². The lowest BCUT2D eigenvalue weighted by Crippen LogP contribution is -2.46. The first-order chi connectivity index (χ1) is 8.77. The van der Waals surface area contributed by atoms with Gasteiger partial charge in [0.05, 0.1) is 5.56 Å². The van der Waals surface area contributed by atoms with Crippen LogP contribution in [0.3, 0.4) is 0 Å². The van der Waals surface area contributed by atoms with Gasteiger partial charge < -0.3 is 15.4 Å². The predicted octanol–water partition coefficient (Wildman–Crippen LogP) is 2.76. The third-order valence-corrected chi connectivity index (χ3v) is 3.40. The van der Waals surface area contributed by atoms with Gasteiger partial charge in [-0.3, -0.25) is 0 Å². The molecule has 1 aromatic carbocycles. The van der Waals surface area contributed by atoms with Crippen molar-refractivity contribution in [2.45, 2.75) is 31.2 Å². The van der Waals surface area contributed by atoms with E-state index in [0.717, 1.165) is 18.9 Å². The summed E-state index contributed by atoms with van der Waals surface area (Å²) in [5.74, 6) is -0.135. The summed E-state index contributed by atoms with van der Waals surface area (Å²) in [6.07, 6.45) is -3.12. The van der Waals surface area contributed by atoms with Crippen molar-refractivity contribution in [1.29, 1.82) is 0 Å². The molecule has 0 aliphatic heterocycles. The number of alkyl halides is 3. The highest BCUT2D eigenvalue weighted by Gasteiger charge is 2.37. The number of halogens is 3. The molecule has 0 atom stereocenters. The van der Waals surface area contributed by atoms with Gasteiger partial charge in [-0.1, -0.05) is 0 Å². The Hall–Kier alpha value is -1.43. The van der Waals surface area contributed by atoms with Crippen LogP contribution in [-0.2, 0) is 6.18 Å². The number of nitrogens with two attached hydrogens (primary N) is 1. The molecule has 1 aromatic rings. The second kappa shape index (κ2) is 4.92. The van der Waals surface area contributed by atoms with Gasteiger partial charge in [-0.25, -0.2) is 0 Å². The largest absolute Gasteiger partial charge is 0.490 e. The Morgan fingerprint density at radius 3 is 2.42 bits per heavy atom. The SMILES string of the molecule is CN(C)C1CC(Oc2ccc(N)cc2C(F)(F)F)C1. The first kappa shape index (κ1) is 14.0. The van der Waals surface area contributed by atoms with Crippen molar-refractivity contribution in [3.8, 4) is 5.75 Å². The van der Waals surface area contributed by atoms with Crippen LogP contribution in [0.1, 0.15) is 18.4 Å². The average molecular weight is 274 g/mol. The number of hydrogen-bond acceptors (Lipinski definition) is 3. The summed E-state index contributed by atoms with van der Waals surface area (Å²) >= 11 is 0. The Bertz CT molecular complexity index is 454. The summed E-state index contributed by atoms with van der Waals surface area (Å²) < 4.78 is 44.0. The van der Waals surface area contributed by atoms with E-state index < -0.39 is 11.7 Å². The van der Waals surface area contributed by atoms with Gasteiger partial charge >= 0.3 is 6.18 Å². The molecule has 0 amide bonds. The van der Waals surface area contributed by atoms with Gasteiger partial charge in [-0.15, -0.1) is 0 Å². The molecular weight excluding hydrogens is 257 g/mol. The van der Waals surface area contributed by atoms with Crippen molar-refractivity contribution >= 4 is 5.69 Å². The molecule has 0 radical (unpaired) electrons. The van der Waals surface area contributed by atoms with Gasteiger partial charge in [-0.05, 0) is 45.1 Å². The van der Waals surface area contributed by atoms with E-state index >= 15 is 0 Å². The molecule has 0 aromatic heterocycles. The Balaban J connectivity index is 2.09. The molecule has 0 spiro atoms. The zero-order valence-electron chi connectivity index (χ0n) is 10.9. The Kier molecular flexibility index (Phi) is 3.62. The van der Waals surface area contributed by atoms with Crippen molar-refractivity contribution in [2.24, 2.45) is 0 Å². The van der Waals surface area contributed by atoms with Crippen LogP contribution in [0.2, 0.25) is 0 Å². The minimum atomic E-state index is -4.45. The number of benzene rings is 1. The standard InChI is InChI=1S/C13H17F3N2O/c1-18(2)9-6-10(7-9)19-12-4-3-8(17)5-11(12)13(14,15)16/h3-5,9-10H,6-7,17H2,1-2H3. The van der Waals surface area contributed by atoms with E-state index in [4.69, 9.17) is 10.5 Å². The second-order valence-electron chi connectivity index (χ2n) is 5.08. The second-order valence-corrected chi connectivity index (χ2v) is 5.08. The summed E-state index contributed by atoms with van der Waals surface area (Å²) in [4.78, 5) is 2.05. The average Bonchev–Trinajstić information content (AvgIpc) is 2.22. The molecule has 6 heteroatoms. The maximum atomic E-state index is 12.9. The number of rotatable bonds is 3. The smallest absolute Gasteiger partial charge is 0.420 e. The normalized spacial score (nSPS) is 23.3. The van der Waals surface area contributed by atoms with Crippen molar-refractivity contribution in [3.63, 3.8) is 0 Å². The lowest BCUT2D eigenvalue weighted by atomic mass is 9.88. The van der Waals surface area contributed by atoms with E-state index in [-0.39, 0.29) is 17.5 Å². The van der Waals surface area contributed by atoms with E-state index in [1.807, 2.05) is 19.0 Å². The van der Waals surface area contributed by atoms with Gasteiger partial charge in [0.2, 0.25) is 0 Å². The molecule has 106 valence electrons. The van der Waals surface area contributed by atoms with Gasteiger partial charge in [-0.2, -0.15) is 13.2 Å². The Morgan fingerprint density at radius 2 is 1.89 bits per heavy atom. The zero-order valence-corrected chi connectivity index (χ0v) is 10.9. The van der Waals surface area contributed by atoms with Crippen molar-refractivity contribution in [1.82, 2.24) is 4.90 Å². The van der Waals surface area contributed by atoms with Crippen LogP contribution in [0.4, 0.5) is 18.9 Å². The van der Waals surface area contributed by atoms with E-state index in [1.54, 1.807) is 0 Å². The molecule has 0 unspecified atom stereocenters. The number of ether oxygens (including phenoxy) is 1. The monoisotopic (exact) mass is 274 g/mol. The van der Waals surface area contributed by atoms with Crippen LogP contribution in [0, 0.1) is 0 Å². The van der Waals surface area contributed by atoms with Crippen LogP contribution < -0.4 is 10.5 Å². The minimum absolute atomic E-state index is 0.0828. The molecule has 0 heterocycles. The van der Waals surface area contributed by atoms with E-state index in [1.165, 1.54) is 12.1 Å². The fourth-order valence-electron chi connectivity index (χ4n) is 2.11. The topological polar surface area (TPSA) is 38.5 Å². The Morgan fingerprint density at radius 1 is 1.26 bits per heavy atom. The summed E-state index contributed by atoms with van der Waals surface area (Å²) in [6.45, 7) is 0. The maximum absolute atomic E-state index is 12.9.